The Bertz CT molecular complexity index is 752. The zero-order valence-electron chi connectivity index (χ0n) is 15.9. The van der Waals surface area contributed by atoms with Crippen LogP contribution in [0.2, 0.25) is 0 Å². The van der Waals surface area contributed by atoms with Gasteiger partial charge in [0.05, 0.1) is 24.7 Å². The number of carbonyl (C=O) groups is 1. The number of benzene rings is 1. The molecule has 0 bridgehead atoms. The van der Waals surface area contributed by atoms with Crippen molar-refractivity contribution in [2.24, 2.45) is 0 Å². The van der Waals surface area contributed by atoms with Gasteiger partial charge in [0.1, 0.15) is 0 Å². The molecule has 1 amide bonds. The molecule has 2 aliphatic heterocycles. The number of nitrogens with one attached hydrogen (secondary N) is 1. The van der Waals surface area contributed by atoms with Crippen LogP contribution in [0, 0.1) is 6.92 Å². The fraction of sp³-hybridized carbons (Fsp3) is 0.632. The van der Waals surface area contributed by atoms with E-state index in [9.17, 15) is 13.2 Å². The Balaban J connectivity index is 1.72. The van der Waals surface area contributed by atoms with Crippen LogP contribution in [0.25, 0.3) is 0 Å². The molecule has 0 saturated carbocycles. The van der Waals surface area contributed by atoms with Crippen LogP contribution in [0.15, 0.2) is 23.1 Å². The van der Waals surface area contributed by atoms with Gasteiger partial charge in [0, 0.05) is 31.9 Å². The highest BCUT2D eigenvalue weighted by atomic mass is 32.2. The largest absolute Gasteiger partial charge is 0.379 e. The van der Waals surface area contributed by atoms with Gasteiger partial charge in [0.15, 0.2) is 0 Å². The lowest BCUT2D eigenvalue weighted by Gasteiger charge is -2.26. The lowest BCUT2D eigenvalue weighted by atomic mass is 10.2. The molecule has 7 nitrogen and oxygen atoms in total. The third-order valence-electron chi connectivity index (χ3n) is 5.13. The van der Waals surface area contributed by atoms with E-state index in [1.807, 2.05) is 4.90 Å². The van der Waals surface area contributed by atoms with Crippen molar-refractivity contribution >= 4 is 21.6 Å². The van der Waals surface area contributed by atoms with Gasteiger partial charge >= 0.3 is 0 Å². The van der Waals surface area contributed by atoms with Crippen LogP contribution >= 0.6 is 0 Å². The molecule has 3 rings (SSSR count). The number of hydrogen-bond donors (Lipinski definition) is 1. The summed E-state index contributed by atoms with van der Waals surface area (Å²) in [6, 6.07) is 5.11. The van der Waals surface area contributed by atoms with Gasteiger partial charge in [-0.05, 0) is 37.5 Å². The van der Waals surface area contributed by atoms with Gasteiger partial charge in [-0.1, -0.05) is 18.9 Å². The lowest BCUT2D eigenvalue weighted by molar-refractivity contribution is -0.118. The molecule has 0 aliphatic carbocycles. The Morgan fingerprint density at radius 2 is 1.74 bits per heavy atom. The Hall–Kier alpha value is -1.48. The van der Waals surface area contributed by atoms with Gasteiger partial charge in [0.2, 0.25) is 15.9 Å². The van der Waals surface area contributed by atoms with Gasteiger partial charge in [-0.25, -0.2) is 8.42 Å². The zero-order valence-corrected chi connectivity index (χ0v) is 16.8. The van der Waals surface area contributed by atoms with E-state index < -0.39 is 10.0 Å². The topological polar surface area (TPSA) is 79.0 Å². The molecule has 0 atom stereocenters. The predicted octanol–water partition coefficient (Wildman–Crippen LogP) is 1.83. The normalized spacial score (nSPS) is 20.2. The standard InChI is InChI=1S/C19H29N3O4S/c1-16-6-7-17(20-19(23)15-21-10-12-26-13-11-21)14-18(16)27(24,25)22-8-4-2-3-5-9-22/h6-7,14H,2-5,8-13,15H2,1H3,(H,20,23). The second-order valence-corrected chi connectivity index (χ2v) is 9.14. The van der Waals surface area contributed by atoms with E-state index in [0.29, 0.717) is 37.6 Å². The highest BCUT2D eigenvalue weighted by molar-refractivity contribution is 7.89. The first-order valence-electron chi connectivity index (χ1n) is 9.67. The molecule has 0 unspecified atom stereocenters. The van der Waals surface area contributed by atoms with Crippen LogP contribution in [0.4, 0.5) is 5.69 Å². The number of carbonyl (C=O) groups excluding carboxylic acids is 1. The molecule has 2 fully saturated rings. The molecule has 27 heavy (non-hydrogen) atoms. The van der Waals surface area contributed by atoms with Crippen molar-refractivity contribution in [2.75, 3.05) is 51.3 Å². The Labute approximate surface area is 161 Å². The van der Waals surface area contributed by atoms with Crippen LogP contribution in [-0.4, -0.2) is 69.5 Å². The van der Waals surface area contributed by atoms with E-state index in [4.69, 9.17) is 4.74 Å². The molecule has 0 spiro atoms. The number of hydrogen-bond acceptors (Lipinski definition) is 5. The van der Waals surface area contributed by atoms with E-state index in [1.165, 1.54) is 0 Å². The van der Waals surface area contributed by atoms with Crippen LogP contribution in [0.1, 0.15) is 31.2 Å². The summed E-state index contributed by atoms with van der Waals surface area (Å²) < 4.78 is 33.1. The quantitative estimate of drug-likeness (QED) is 0.823. The number of nitrogens with zero attached hydrogens (tertiary/aromatic N) is 2. The number of amides is 1. The second kappa shape index (κ2) is 9.14. The molecule has 8 heteroatoms. The van der Waals surface area contributed by atoms with Crippen LogP contribution in [0.5, 0.6) is 0 Å². The molecule has 1 aromatic rings. The van der Waals surface area contributed by atoms with E-state index in [0.717, 1.165) is 38.8 Å². The molecule has 2 heterocycles. The Morgan fingerprint density at radius 1 is 1.07 bits per heavy atom. The highest BCUT2D eigenvalue weighted by Crippen LogP contribution is 2.25. The first-order chi connectivity index (χ1) is 13.0. The zero-order chi connectivity index (χ0) is 19.3. The van der Waals surface area contributed by atoms with Crippen molar-refractivity contribution in [3.63, 3.8) is 0 Å². The molecular formula is C19H29N3O4S. The monoisotopic (exact) mass is 395 g/mol. The smallest absolute Gasteiger partial charge is 0.243 e. The third-order valence-corrected chi connectivity index (χ3v) is 7.17. The van der Waals surface area contributed by atoms with E-state index >= 15 is 0 Å². The minimum absolute atomic E-state index is 0.140. The maximum atomic E-state index is 13.1. The highest BCUT2D eigenvalue weighted by Gasteiger charge is 2.27. The van der Waals surface area contributed by atoms with Crippen molar-refractivity contribution in [3.05, 3.63) is 23.8 Å². The fourth-order valence-corrected chi connectivity index (χ4v) is 5.31. The van der Waals surface area contributed by atoms with Gasteiger partial charge in [-0.15, -0.1) is 0 Å². The van der Waals surface area contributed by atoms with E-state index in [-0.39, 0.29) is 17.3 Å². The summed E-state index contributed by atoms with van der Waals surface area (Å²) in [6.07, 6.45) is 3.94. The first-order valence-corrected chi connectivity index (χ1v) is 11.1. The number of aryl methyl sites for hydroxylation is 1. The maximum absolute atomic E-state index is 13.1. The van der Waals surface area contributed by atoms with Crippen molar-refractivity contribution in [1.29, 1.82) is 0 Å². The molecule has 2 saturated heterocycles. The number of sulfonamides is 1. The van der Waals surface area contributed by atoms with Crippen LogP contribution in [-0.2, 0) is 19.6 Å². The summed E-state index contributed by atoms with van der Waals surface area (Å²) >= 11 is 0. The summed E-state index contributed by atoms with van der Waals surface area (Å²) in [7, 11) is -3.55. The molecule has 1 aromatic carbocycles. The summed E-state index contributed by atoms with van der Waals surface area (Å²) in [5, 5.41) is 2.84. The minimum Gasteiger partial charge on any atom is -0.379 e. The van der Waals surface area contributed by atoms with Crippen LogP contribution < -0.4 is 5.32 Å². The summed E-state index contributed by atoms with van der Waals surface area (Å²) in [5.41, 5.74) is 1.22. The number of rotatable bonds is 5. The second-order valence-electron chi connectivity index (χ2n) is 7.24. The number of morpholine rings is 1. The van der Waals surface area contributed by atoms with Crippen molar-refractivity contribution in [3.8, 4) is 0 Å². The van der Waals surface area contributed by atoms with Gasteiger partial charge < -0.3 is 10.1 Å². The molecule has 2 aliphatic rings. The molecule has 0 radical (unpaired) electrons. The molecule has 0 aromatic heterocycles. The minimum atomic E-state index is -3.55. The summed E-state index contributed by atoms with van der Waals surface area (Å²) in [6.45, 7) is 5.94. The summed E-state index contributed by atoms with van der Waals surface area (Å²) in [4.78, 5) is 14.6. The fourth-order valence-electron chi connectivity index (χ4n) is 3.54. The predicted molar refractivity (Wildman–Crippen MR) is 104 cm³/mol. The summed E-state index contributed by atoms with van der Waals surface area (Å²) in [5.74, 6) is -0.140. The Morgan fingerprint density at radius 3 is 2.41 bits per heavy atom. The molecule has 150 valence electrons. The maximum Gasteiger partial charge on any atom is 0.243 e. The first kappa shape index (κ1) is 20.3. The van der Waals surface area contributed by atoms with Gasteiger partial charge in [0.25, 0.3) is 0 Å². The van der Waals surface area contributed by atoms with Crippen LogP contribution in [0.3, 0.4) is 0 Å². The average molecular weight is 396 g/mol. The molecular weight excluding hydrogens is 366 g/mol. The van der Waals surface area contributed by atoms with Crippen molar-refractivity contribution < 1.29 is 17.9 Å². The molecule has 1 N–H and O–H groups in total. The Kier molecular flexibility index (Phi) is 6.86. The van der Waals surface area contributed by atoms with E-state index in [2.05, 4.69) is 5.32 Å². The van der Waals surface area contributed by atoms with Gasteiger partial charge in [-0.2, -0.15) is 4.31 Å². The average Bonchev–Trinajstić information content (AvgIpc) is 2.94. The lowest BCUT2D eigenvalue weighted by Crippen LogP contribution is -2.41. The van der Waals surface area contributed by atoms with Gasteiger partial charge in [-0.3, -0.25) is 9.69 Å². The van der Waals surface area contributed by atoms with Crippen molar-refractivity contribution in [1.82, 2.24) is 9.21 Å². The van der Waals surface area contributed by atoms with Crippen molar-refractivity contribution in [2.45, 2.75) is 37.5 Å². The third kappa shape index (κ3) is 5.28. The SMILES string of the molecule is Cc1ccc(NC(=O)CN2CCOCC2)cc1S(=O)(=O)N1CCCCCC1. The number of ether oxygens (including phenoxy) is 1. The number of anilines is 1. The van der Waals surface area contributed by atoms with E-state index in [1.54, 1.807) is 29.4 Å².